The quantitative estimate of drug-likeness (QED) is 0.792. The van der Waals surface area contributed by atoms with E-state index in [2.05, 4.69) is 22.6 Å². The van der Waals surface area contributed by atoms with Gasteiger partial charge in [0, 0.05) is 17.2 Å². The zero-order chi connectivity index (χ0) is 14.0. The molecule has 0 amide bonds. The maximum Gasteiger partial charge on any atom is 0.242 e. The molecule has 102 valence electrons. The van der Waals surface area contributed by atoms with Crippen molar-refractivity contribution in [2.24, 2.45) is 11.1 Å². The number of sulfonamides is 1. The standard InChI is InChI=1S/C12H19IN2O2S/c1-12(2,8-14)9-15(3)18(16,17)11-6-4-5-10(13)7-11/h4-7H,8-9,14H2,1-3H3. The molecule has 0 radical (unpaired) electrons. The molecule has 1 rings (SSSR count). The molecule has 0 saturated heterocycles. The highest BCUT2D eigenvalue weighted by Crippen LogP contribution is 2.21. The fourth-order valence-electron chi connectivity index (χ4n) is 1.56. The smallest absolute Gasteiger partial charge is 0.242 e. The highest BCUT2D eigenvalue weighted by Gasteiger charge is 2.27. The molecule has 0 aliphatic rings. The highest BCUT2D eigenvalue weighted by molar-refractivity contribution is 14.1. The first-order valence-corrected chi connectivity index (χ1v) is 8.13. The van der Waals surface area contributed by atoms with Crippen molar-refractivity contribution in [1.29, 1.82) is 0 Å². The number of hydrogen-bond donors (Lipinski definition) is 1. The van der Waals surface area contributed by atoms with Crippen LogP contribution in [0, 0.1) is 8.99 Å². The highest BCUT2D eigenvalue weighted by atomic mass is 127. The van der Waals surface area contributed by atoms with Crippen LogP contribution in [0.4, 0.5) is 0 Å². The molecule has 2 N–H and O–H groups in total. The van der Waals surface area contributed by atoms with Gasteiger partial charge in [-0.15, -0.1) is 0 Å². The van der Waals surface area contributed by atoms with Crippen LogP contribution in [-0.2, 0) is 10.0 Å². The third-order valence-corrected chi connectivity index (χ3v) is 5.18. The maximum absolute atomic E-state index is 12.4. The Bertz CT molecular complexity index is 515. The Balaban J connectivity index is 3.01. The molecular formula is C12H19IN2O2S. The lowest BCUT2D eigenvalue weighted by Crippen LogP contribution is -2.39. The fourth-order valence-corrected chi connectivity index (χ4v) is 3.72. The Hall–Kier alpha value is -0.180. The van der Waals surface area contributed by atoms with Gasteiger partial charge in [0.1, 0.15) is 0 Å². The van der Waals surface area contributed by atoms with Crippen molar-refractivity contribution in [3.63, 3.8) is 0 Å². The van der Waals surface area contributed by atoms with Gasteiger partial charge >= 0.3 is 0 Å². The van der Waals surface area contributed by atoms with Crippen LogP contribution in [0.15, 0.2) is 29.2 Å². The number of rotatable bonds is 5. The normalized spacial score (nSPS) is 13.0. The number of benzene rings is 1. The number of hydrogen-bond acceptors (Lipinski definition) is 3. The minimum Gasteiger partial charge on any atom is -0.330 e. The summed E-state index contributed by atoms with van der Waals surface area (Å²) in [5.74, 6) is 0. The van der Waals surface area contributed by atoms with Crippen LogP contribution in [-0.4, -0.2) is 32.9 Å². The van der Waals surface area contributed by atoms with Gasteiger partial charge in [-0.05, 0) is 52.7 Å². The van der Waals surface area contributed by atoms with E-state index in [0.717, 1.165) is 3.57 Å². The molecule has 0 fully saturated rings. The molecule has 0 aliphatic carbocycles. The third-order valence-electron chi connectivity index (χ3n) is 2.71. The molecule has 0 saturated carbocycles. The molecule has 1 aromatic rings. The van der Waals surface area contributed by atoms with E-state index in [1.54, 1.807) is 25.2 Å². The second-order valence-electron chi connectivity index (χ2n) is 5.09. The minimum absolute atomic E-state index is 0.232. The SMILES string of the molecule is CN(CC(C)(C)CN)S(=O)(=O)c1cccc(I)c1. The lowest BCUT2D eigenvalue weighted by atomic mass is 9.94. The molecule has 1 aromatic carbocycles. The van der Waals surface area contributed by atoms with Crippen LogP contribution >= 0.6 is 22.6 Å². The molecule has 0 aliphatic heterocycles. The largest absolute Gasteiger partial charge is 0.330 e. The molecule has 0 aromatic heterocycles. The van der Waals surface area contributed by atoms with Gasteiger partial charge in [-0.3, -0.25) is 0 Å². The first-order chi connectivity index (χ1) is 8.19. The van der Waals surface area contributed by atoms with Crippen molar-refractivity contribution < 1.29 is 8.42 Å². The number of halogens is 1. The van der Waals surface area contributed by atoms with Crippen molar-refractivity contribution in [3.05, 3.63) is 27.8 Å². The van der Waals surface area contributed by atoms with E-state index in [1.165, 1.54) is 4.31 Å². The second-order valence-corrected chi connectivity index (χ2v) is 8.38. The topological polar surface area (TPSA) is 63.4 Å². The van der Waals surface area contributed by atoms with Gasteiger partial charge in [-0.25, -0.2) is 12.7 Å². The van der Waals surface area contributed by atoms with Crippen LogP contribution in [0.2, 0.25) is 0 Å². The zero-order valence-corrected chi connectivity index (χ0v) is 13.8. The van der Waals surface area contributed by atoms with Gasteiger partial charge in [0.2, 0.25) is 10.0 Å². The average Bonchev–Trinajstić information content (AvgIpc) is 2.28. The summed E-state index contributed by atoms with van der Waals surface area (Å²) in [6.07, 6.45) is 0. The van der Waals surface area contributed by atoms with Crippen molar-refractivity contribution >= 4 is 32.6 Å². The fraction of sp³-hybridized carbons (Fsp3) is 0.500. The Morgan fingerprint density at radius 1 is 1.39 bits per heavy atom. The molecule has 18 heavy (non-hydrogen) atoms. The van der Waals surface area contributed by atoms with Gasteiger partial charge in [-0.1, -0.05) is 19.9 Å². The van der Waals surface area contributed by atoms with Crippen molar-refractivity contribution in [2.45, 2.75) is 18.7 Å². The van der Waals surface area contributed by atoms with Gasteiger partial charge in [0.25, 0.3) is 0 Å². The maximum atomic E-state index is 12.4. The first-order valence-electron chi connectivity index (χ1n) is 5.61. The zero-order valence-electron chi connectivity index (χ0n) is 10.9. The van der Waals surface area contributed by atoms with Gasteiger partial charge in [0.15, 0.2) is 0 Å². The Morgan fingerprint density at radius 2 is 2.00 bits per heavy atom. The van der Waals surface area contributed by atoms with Gasteiger partial charge in [0.05, 0.1) is 4.90 Å². The Kier molecular flexibility index (Phi) is 5.16. The van der Waals surface area contributed by atoms with E-state index < -0.39 is 10.0 Å². The third kappa shape index (κ3) is 3.91. The van der Waals surface area contributed by atoms with E-state index in [1.807, 2.05) is 19.9 Å². The summed E-state index contributed by atoms with van der Waals surface area (Å²) in [6.45, 7) is 4.75. The average molecular weight is 382 g/mol. The predicted molar refractivity (Wildman–Crippen MR) is 81.8 cm³/mol. The summed E-state index contributed by atoms with van der Waals surface area (Å²) >= 11 is 2.10. The van der Waals surface area contributed by atoms with Crippen LogP contribution in [0.3, 0.4) is 0 Å². The van der Waals surface area contributed by atoms with Crippen LogP contribution < -0.4 is 5.73 Å². The van der Waals surface area contributed by atoms with E-state index >= 15 is 0 Å². The summed E-state index contributed by atoms with van der Waals surface area (Å²) in [5.41, 5.74) is 5.41. The second kappa shape index (κ2) is 5.85. The van der Waals surface area contributed by atoms with Crippen molar-refractivity contribution in [1.82, 2.24) is 4.31 Å². The summed E-state index contributed by atoms with van der Waals surface area (Å²) in [7, 11) is -1.84. The Morgan fingerprint density at radius 3 is 2.50 bits per heavy atom. The van der Waals surface area contributed by atoms with Crippen LogP contribution in [0.25, 0.3) is 0 Å². The molecule has 0 spiro atoms. The lowest BCUT2D eigenvalue weighted by Gasteiger charge is -2.28. The molecular weight excluding hydrogens is 363 g/mol. The Labute approximate surface area is 123 Å². The summed E-state index contributed by atoms with van der Waals surface area (Å²) < 4.78 is 27.0. The van der Waals surface area contributed by atoms with E-state index in [-0.39, 0.29) is 5.41 Å². The summed E-state index contributed by atoms with van der Waals surface area (Å²) in [4.78, 5) is 0.324. The summed E-state index contributed by atoms with van der Waals surface area (Å²) in [6, 6.07) is 6.89. The molecule has 4 nitrogen and oxygen atoms in total. The van der Waals surface area contributed by atoms with E-state index in [0.29, 0.717) is 18.0 Å². The van der Waals surface area contributed by atoms with Gasteiger partial charge in [-0.2, -0.15) is 0 Å². The first kappa shape index (κ1) is 15.9. The number of nitrogens with two attached hydrogens (primary N) is 1. The van der Waals surface area contributed by atoms with Crippen molar-refractivity contribution in [3.8, 4) is 0 Å². The molecule has 0 atom stereocenters. The lowest BCUT2D eigenvalue weighted by molar-refractivity contribution is 0.292. The van der Waals surface area contributed by atoms with Crippen LogP contribution in [0.5, 0.6) is 0 Å². The predicted octanol–water partition coefficient (Wildman–Crippen LogP) is 1.90. The van der Waals surface area contributed by atoms with Crippen LogP contribution in [0.1, 0.15) is 13.8 Å². The molecule has 0 unspecified atom stereocenters. The molecule has 6 heteroatoms. The van der Waals surface area contributed by atoms with Crippen molar-refractivity contribution in [2.75, 3.05) is 20.1 Å². The summed E-state index contributed by atoms with van der Waals surface area (Å²) in [5, 5.41) is 0. The van der Waals surface area contributed by atoms with E-state index in [4.69, 9.17) is 5.73 Å². The monoisotopic (exact) mass is 382 g/mol. The molecule has 0 bridgehead atoms. The molecule has 0 heterocycles. The minimum atomic E-state index is -3.43. The number of nitrogens with zero attached hydrogens (tertiary/aromatic N) is 1. The van der Waals surface area contributed by atoms with E-state index in [9.17, 15) is 8.42 Å². The van der Waals surface area contributed by atoms with Gasteiger partial charge < -0.3 is 5.73 Å².